The van der Waals surface area contributed by atoms with Crippen molar-refractivity contribution in [3.8, 4) is 0 Å². The smallest absolute Gasteiger partial charge is 0.410 e. The maximum Gasteiger partial charge on any atom is 0.410 e. The molecule has 1 fully saturated rings. The number of aromatic nitrogens is 1. The average molecular weight is 349 g/mol. The number of hydrogen-bond donors (Lipinski definition) is 1. The van der Waals surface area contributed by atoms with E-state index in [4.69, 9.17) is 9.47 Å². The monoisotopic (exact) mass is 349 g/mol. The molecule has 1 aliphatic rings. The van der Waals surface area contributed by atoms with Gasteiger partial charge in [-0.3, -0.25) is 14.7 Å². The van der Waals surface area contributed by atoms with Crippen LogP contribution in [0.3, 0.4) is 0 Å². The summed E-state index contributed by atoms with van der Waals surface area (Å²) in [7, 11) is 1.24. The van der Waals surface area contributed by atoms with Crippen molar-refractivity contribution in [2.75, 3.05) is 13.7 Å². The van der Waals surface area contributed by atoms with E-state index in [0.717, 1.165) is 0 Å². The highest BCUT2D eigenvalue weighted by Crippen LogP contribution is 2.23. The minimum Gasteiger partial charge on any atom is -0.467 e. The topological polar surface area (TPSA) is 97.8 Å². The molecule has 0 radical (unpaired) electrons. The number of carbonyl (C=O) groups is 3. The molecule has 2 atom stereocenters. The fourth-order valence-corrected chi connectivity index (χ4v) is 2.38. The molecule has 0 aliphatic carbocycles. The van der Waals surface area contributed by atoms with Crippen LogP contribution in [0, 0.1) is 0 Å². The number of nitrogens with one attached hydrogen (secondary N) is 1. The molecule has 1 aromatic heterocycles. The van der Waals surface area contributed by atoms with Crippen molar-refractivity contribution in [1.82, 2.24) is 15.2 Å². The van der Waals surface area contributed by atoms with E-state index in [-0.39, 0.29) is 0 Å². The Balaban J connectivity index is 2.06. The van der Waals surface area contributed by atoms with Crippen LogP contribution in [-0.2, 0) is 19.1 Å². The molecule has 0 saturated carbocycles. The maximum atomic E-state index is 12.5. The van der Waals surface area contributed by atoms with Crippen molar-refractivity contribution in [3.05, 3.63) is 30.1 Å². The summed E-state index contributed by atoms with van der Waals surface area (Å²) in [6.07, 6.45) is 3.01. The van der Waals surface area contributed by atoms with E-state index < -0.39 is 35.7 Å². The lowest BCUT2D eigenvalue weighted by Crippen LogP contribution is -2.59. The van der Waals surface area contributed by atoms with Gasteiger partial charge in [0.25, 0.3) is 0 Å². The van der Waals surface area contributed by atoms with Crippen molar-refractivity contribution in [2.24, 2.45) is 0 Å². The molecular weight excluding hydrogens is 326 g/mol. The molecule has 0 spiro atoms. The van der Waals surface area contributed by atoms with Crippen LogP contribution in [0.5, 0.6) is 0 Å². The summed E-state index contributed by atoms with van der Waals surface area (Å²) >= 11 is 0. The Labute approximate surface area is 146 Å². The Morgan fingerprint density at radius 3 is 2.56 bits per heavy atom. The third-order valence-corrected chi connectivity index (χ3v) is 3.69. The fraction of sp³-hybridized carbons (Fsp3) is 0.529. The number of ether oxygens (including phenoxy) is 2. The van der Waals surface area contributed by atoms with Gasteiger partial charge in [0, 0.05) is 24.5 Å². The SMILES string of the molecule is COC(=O)C(NC(=O)[C@H]1CCN1C(=O)OC(C)(C)C)c1cccnc1. The molecule has 0 aromatic carbocycles. The van der Waals surface area contributed by atoms with Gasteiger partial charge in [0.05, 0.1) is 7.11 Å². The third kappa shape index (κ3) is 4.68. The summed E-state index contributed by atoms with van der Waals surface area (Å²) in [5.74, 6) is -1.04. The Bertz CT molecular complexity index is 641. The molecule has 8 nitrogen and oxygen atoms in total. The molecule has 1 N–H and O–H groups in total. The zero-order valence-electron chi connectivity index (χ0n) is 14.8. The summed E-state index contributed by atoms with van der Waals surface area (Å²) in [6, 6.07) is 1.68. The lowest BCUT2D eigenvalue weighted by Gasteiger charge is -2.40. The highest BCUT2D eigenvalue weighted by Gasteiger charge is 2.41. The zero-order chi connectivity index (χ0) is 18.6. The second kappa shape index (κ2) is 7.50. The molecule has 2 rings (SSSR count). The number of esters is 1. The first-order valence-corrected chi connectivity index (χ1v) is 8.00. The molecule has 8 heteroatoms. The molecule has 0 bridgehead atoms. The van der Waals surface area contributed by atoms with Crippen LogP contribution in [0.25, 0.3) is 0 Å². The number of methoxy groups -OCH3 is 1. The van der Waals surface area contributed by atoms with Gasteiger partial charge in [-0.25, -0.2) is 9.59 Å². The molecule has 1 aromatic rings. The van der Waals surface area contributed by atoms with Crippen LogP contribution < -0.4 is 5.32 Å². The van der Waals surface area contributed by atoms with E-state index in [1.54, 1.807) is 39.1 Å². The molecule has 1 unspecified atom stereocenters. The van der Waals surface area contributed by atoms with Gasteiger partial charge in [0.1, 0.15) is 11.6 Å². The van der Waals surface area contributed by atoms with E-state index in [2.05, 4.69) is 10.3 Å². The number of amides is 2. The van der Waals surface area contributed by atoms with E-state index in [9.17, 15) is 14.4 Å². The number of likely N-dealkylation sites (tertiary alicyclic amines) is 1. The first kappa shape index (κ1) is 18.7. The van der Waals surface area contributed by atoms with Crippen LogP contribution in [-0.4, -0.2) is 53.2 Å². The summed E-state index contributed by atoms with van der Waals surface area (Å²) in [5.41, 5.74) is -0.136. The molecule has 2 amide bonds. The predicted octanol–water partition coefficient (Wildman–Crippen LogP) is 1.42. The van der Waals surface area contributed by atoms with E-state index >= 15 is 0 Å². The van der Waals surface area contributed by atoms with Crippen molar-refractivity contribution in [3.63, 3.8) is 0 Å². The van der Waals surface area contributed by atoms with Gasteiger partial charge in [-0.1, -0.05) is 6.07 Å². The van der Waals surface area contributed by atoms with Gasteiger partial charge in [0.2, 0.25) is 5.91 Å². The molecular formula is C17H23N3O5. The van der Waals surface area contributed by atoms with Gasteiger partial charge in [-0.2, -0.15) is 0 Å². The first-order chi connectivity index (χ1) is 11.7. The summed E-state index contributed by atoms with van der Waals surface area (Å²) in [4.78, 5) is 41.9. The van der Waals surface area contributed by atoms with Crippen molar-refractivity contribution >= 4 is 18.0 Å². The molecule has 2 heterocycles. The van der Waals surface area contributed by atoms with Crippen LogP contribution in [0.2, 0.25) is 0 Å². The summed E-state index contributed by atoms with van der Waals surface area (Å²) in [6.45, 7) is 5.71. The van der Waals surface area contributed by atoms with Crippen molar-refractivity contribution < 1.29 is 23.9 Å². The van der Waals surface area contributed by atoms with Crippen LogP contribution >= 0.6 is 0 Å². The molecule has 136 valence electrons. The Morgan fingerprint density at radius 2 is 2.08 bits per heavy atom. The van der Waals surface area contributed by atoms with Crippen LogP contribution in [0.4, 0.5) is 4.79 Å². The minimum atomic E-state index is -0.979. The Kier molecular flexibility index (Phi) is 5.61. The maximum absolute atomic E-state index is 12.5. The van der Waals surface area contributed by atoms with Crippen LogP contribution in [0.1, 0.15) is 38.8 Å². The lowest BCUT2D eigenvalue weighted by molar-refractivity contribution is -0.146. The second-order valence-electron chi connectivity index (χ2n) is 6.73. The van der Waals surface area contributed by atoms with Gasteiger partial charge in [-0.05, 0) is 33.3 Å². The van der Waals surface area contributed by atoms with E-state index in [0.29, 0.717) is 18.5 Å². The largest absolute Gasteiger partial charge is 0.467 e. The number of pyridine rings is 1. The van der Waals surface area contributed by atoms with Crippen molar-refractivity contribution in [2.45, 2.75) is 44.9 Å². The number of nitrogens with zero attached hydrogens (tertiary/aromatic N) is 2. The fourth-order valence-electron chi connectivity index (χ4n) is 2.38. The summed E-state index contributed by atoms with van der Waals surface area (Å²) in [5, 5.41) is 2.63. The summed E-state index contributed by atoms with van der Waals surface area (Å²) < 4.78 is 10.0. The van der Waals surface area contributed by atoms with Crippen LogP contribution in [0.15, 0.2) is 24.5 Å². The third-order valence-electron chi connectivity index (χ3n) is 3.69. The quantitative estimate of drug-likeness (QED) is 0.826. The standard InChI is InChI=1S/C17H23N3O5/c1-17(2,3)25-16(23)20-9-7-12(20)14(21)19-13(15(22)24-4)11-6-5-8-18-10-11/h5-6,8,10,12-13H,7,9H2,1-4H3,(H,19,21)/t12-,13?/m1/s1. The Morgan fingerprint density at radius 1 is 1.36 bits per heavy atom. The van der Waals surface area contributed by atoms with Crippen molar-refractivity contribution in [1.29, 1.82) is 0 Å². The first-order valence-electron chi connectivity index (χ1n) is 8.00. The normalized spacial score (nSPS) is 17.9. The van der Waals surface area contributed by atoms with E-state index in [1.165, 1.54) is 18.2 Å². The molecule has 1 saturated heterocycles. The number of hydrogen-bond acceptors (Lipinski definition) is 6. The number of carbonyl (C=O) groups excluding carboxylic acids is 3. The second-order valence-corrected chi connectivity index (χ2v) is 6.73. The molecule has 1 aliphatic heterocycles. The lowest BCUT2D eigenvalue weighted by atomic mass is 10.0. The van der Waals surface area contributed by atoms with Gasteiger partial charge >= 0.3 is 12.1 Å². The van der Waals surface area contributed by atoms with Gasteiger partial charge in [-0.15, -0.1) is 0 Å². The average Bonchev–Trinajstić information content (AvgIpc) is 2.49. The van der Waals surface area contributed by atoms with E-state index in [1.807, 2.05) is 0 Å². The molecule has 25 heavy (non-hydrogen) atoms. The number of rotatable bonds is 4. The minimum absolute atomic E-state index is 0.433. The van der Waals surface area contributed by atoms with Gasteiger partial charge < -0.3 is 14.8 Å². The zero-order valence-corrected chi connectivity index (χ0v) is 14.8. The highest BCUT2D eigenvalue weighted by atomic mass is 16.6. The van der Waals surface area contributed by atoms with Gasteiger partial charge in [0.15, 0.2) is 6.04 Å². The Hall–Kier alpha value is -2.64. The predicted molar refractivity (Wildman–Crippen MR) is 88.5 cm³/mol. The highest BCUT2D eigenvalue weighted by molar-refractivity contribution is 5.91.